The molecule has 1 atom stereocenters. The van der Waals surface area contributed by atoms with E-state index in [1.54, 1.807) is 31.2 Å². The number of nitrogens with one attached hydrogen (secondary N) is 1. The van der Waals surface area contributed by atoms with Gasteiger partial charge >= 0.3 is 0 Å². The first-order valence-corrected chi connectivity index (χ1v) is 10.4. The predicted octanol–water partition coefficient (Wildman–Crippen LogP) is 3.64. The summed E-state index contributed by atoms with van der Waals surface area (Å²) in [7, 11) is 1.53. The summed E-state index contributed by atoms with van der Waals surface area (Å²) in [6, 6.07) is 12.8. The summed E-state index contributed by atoms with van der Waals surface area (Å²) in [5.41, 5.74) is 1.67. The van der Waals surface area contributed by atoms with Gasteiger partial charge in [-0.25, -0.2) is 0 Å². The van der Waals surface area contributed by atoms with Crippen LogP contribution in [0.5, 0.6) is 0 Å². The molecule has 2 aromatic carbocycles. The Balaban J connectivity index is 2.03. The molecule has 29 heavy (non-hydrogen) atoms. The Labute approximate surface area is 178 Å². The average Bonchev–Trinajstić information content (AvgIpc) is 2.72. The van der Waals surface area contributed by atoms with Gasteiger partial charge in [-0.05, 0) is 24.1 Å². The van der Waals surface area contributed by atoms with E-state index in [0.717, 1.165) is 11.1 Å². The molecule has 154 valence electrons. The molecule has 7 nitrogen and oxygen atoms in total. The van der Waals surface area contributed by atoms with Crippen LogP contribution in [0, 0.1) is 10.1 Å². The second-order valence-electron chi connectivity index (χ2n) is 6.32. The molecule has 0 spiro atoms. The Bertz CT molecular complexity index is 876. The number of amides is 2. The number of hydrogen-bond acceptors (Lipinski definition) is 5. The number of hydrogen-bond donors (Lipinski definition) is 1. The Hall–Kier alpha value is -2.58. The fourth-order valence-corrected chi connectivity index (χ4v) is 3.72. The maximum Gasteiger partial charge on any atom is 0.269 e. The van der Waals surface area contributed by atoms with E-state index < -0.39 is 11.0 Å². The summed E-state index contributed by atoms with van der Waals surface area (Å²) in [6.07, 6.45) is 0. The number of carbonyl (C=O) groups is 2. The topological polar surface area (TPSA) is 92.6 Å². The van der Waals surface area contributed by atoms with Crippen molar-refractivity contribution in [2.75, 3.05) is 12.8 Å². The fourth-order valence-electron chi connectivity index (χ4n) is 2.65. The van der Waals surface area contributed by atoms with Crippen LogP contribution in [0.15, 0.2) is 48.5 Å². The number of rotatable bonds is 9. The highest BCUT2D eigenvalue weighted by Gasteiger charge is 2.25. The number of likely N-dealkylation sites (N-methyl/N-ethyl adjacent to an activating group) is 1. The Kier molecular flexibility index (Phi) is 8.48. The Morgan fingerprint density at radius 3 is 2.45 bits per heavy atom. The molecule has 0 saturated carbocycles. The van der Waals surface area contributed by atoms with Crippen molar-refractivity contribution in [2.24, 2.45) is 0 Å². The van der Waals surface area contributed by atoms with Gasteiger partial charge in [-0.3, -0.25) is 19.7 Å². The van der Waals surface area contributed by atoms with Gasteiger partial charge < -0.3 is 10.2 Å². The van der Waals surface area contributed by atoms with E-state index in [2.05, 4.69) is 5.32 Å². The first-order chi connectivity index (χ1) is 13.8. The standard InChI is InChI=1S/C20H22ClN3O4S/c1-14(20(26)22-2)23(11-16-5-3-4-6-18(16)21)19(25)13-29-12-15-7-9-17(10-8-15)24(27)28/h3-10,14H,11-13H2,1-2H3,(H,22,26)/t14-/m0/s1. The Morgan fingerprint density at radius 2 is 1.86 bits per heavy atom. The molecule has 1 N–H and O–H groups in total. The molecule has 0 saturated heterocycles. The van der Waals surface area contributed by atoms with Gasteiger partial charge in [-0.15, -0.1) is 11.8 Å². The molecule has 2 aromatic rings. The molecule has 9 heteroatoms. The summed E-state index contributed by atoms with van der Waals surface area (Å²) in [5, 5.41) is 13.8. The highest BCUT2D eigenvalue weighted by Crippen LogP contribution is 2.21. The van der Waals surface area contributed by atoms with Crippen molar-refractivity contribution in [3.63, 3.8) is 0 Å². The molecule has 0 fully saturated rings. The molecule has 0 aliphatic rings. The van der Waals surface area contributed by atoms with Gasteiger partial charge in [-0.2, -0.15) is 0 Å². The van der Waals surface area contributed by atoms with Crippen molar-refractivity contribution in [2.45, 2.75) is 25.3 Å². The van der Waals surface area contributed by atoms with Crippen molar-refractivity contribution < 1.29 is 14.5 Å². The summed E-state index contributed by atoms with van der Waals surface area (Å²) < 4.78 is 0. The second kappa shape index (κ2) is 10.8. The maximum absolute atomic E-state index is 12.8. The molecule has 0 heterocycles. The zero-order valence-electron chi connectivity index (χ0n) is 16.1. The molecular formula is C20H22ClN3O4S. The number of carbonyl (C=O) groups excluding carboxylic acids is 2. The van der Waals surface area contributed by atoms with Gasteiger partial charge in [-0.1, -0.05) is 41.9 Å². The van der Waals surface area contributed by atoms with E-state index >= 15 is 0 Å². The number of nitrogens with zero attached hydrogens (tertiary/aromatic N) is 2. The van der Waals surface area contributed by atoms with Crippen molar-refractivity contribution >= 4 is 40.9 Å². The molecule has 0 aliphatic heterocycles. The van der Waals surface area contributed by atoms with E-state index in [9.17, 15) is 19.7 Å². The number of nitro benzene ring substituents is 1. The fraction of sp³-hybridized carbons (Fsp3) is 0.300. The third-order valence-corrected chi connectivity index (χ3v) is 5.71. The number of benzene rings is 2. The third-order valence-electron chi connectivity index (χ3n) is 4.35. The zero-order valence-corrected chi connectivity index (χ0v) is 17.7. The number of halogens is 1. The molecule has 2 rings (SSSR count). The molecule has 2 amide bonds. The van der Waals surface area contributed by atoms with Crippen LogP contribution in [0.25, 0.3) is 0 Å². The lowest BCUT2D eigenvalue weighted by Gasteiger charge is -2.28. The summed E-state index contributed by atoms with van der Waals surface area (Å²) >= 11 is 7.60. The number of thioether (sulfide) groups is 1. The predicted molar refractivity (Wildman–Crippen MR) is 115 cm³/mol. The minimum absolute atomic E-state index is 0.0279. The van der Waals surface area contributed by atoms with E-state index in [1.807, 2.05) is 12.1 Å². The lowest BCUT2D eigenvalue weighted by atomic mass is 10.1. The first-order valence-electron chi connectivity index (χ1n) is 8.89. The van der Waals surface area contributed by atoms with Gasteiger partial charge in [0.1, 0.15) is 6.04 Å². The van der Waals surface area contributed by atoms with Crippen LogP contribution in [-0.4, -0.2) is 40.5 Å². The van der Waals surface area contributed by atoms with Crippen LogP contribution in [0.1, 0.15) is 18.1 Å². The van der Waals surface area contributed by atoms with Gasteiger partial charge in [0.05, 0.1) is 10.7 Å². The number of nitro groups is 1. The largest absolute Gasteiger partial charge is 0.357 e. The van der Waals surface area contributed by atoms with E-state index in [-0.39, 0.29) is 29.8 Å². The van der Waals surface area contributed by atoms with Crippen molar-refractivity contribution in [1.82, 2.24) is 10.2 Å². The highest BCUT2D eigenvalue weighted by molar-refractivity contribution is 7.99. The van der Waals surface area contributed by atoms with Crippen molar-refractivity contribution in [3.05, 3.63) is 74.8 Å². The second-order valence-corrected chi connectivity index (χ2v) is 7.71. The monoisotopic (exact) mass is 435 g/mol. The molecular weight excluding hydrogens is 414 g/mol. The quantitative estimate of drug-likeness (QED) is 0.479. The summed E-state index contributed by atoms with van der Waals surface area (Å²) in [5.74, 6) is 0.250. The lowest BCUT2D eigenvalue weighted by molar-refractivity contribution is -0.384. The summed E-state index contributed by atoms with van der Waals surface area (Å²) in [4.78, 5) is 36.7. The minimum Gasteiger partial charge on any atom is -0.357 e. The molecule has 0 aromatic heterocycles. The minimum atomic E-state index is -0.649. The number of non-ortho nitro benzene ring substituents is 1. The van der Waals surface area contributed by atoms with Crippen molar-refractivity contribution in [1.29, 1.82) is 0 Å². The van der Waals surface area contributed by atoms with Crippen molar-refractivity contribution in [3.8, 4) is 0 Å². The van der Waals surface area contributed by atoms with Gasteiger partial charge in [0, 0.05) is 36.5 Å². The van der Waals surface area contributed by atoms with E-state index in [1.165, 1.54) is 35.8 Å². The molecule has 0 radical (unpaired) electrons. The van der Waals surface area contributed by atoms with Gasteiger partial charge in [0.25, 0.3) is 5.69 Å². The van der Waals surface area contributed by atoms with Crippen LogP contribution >= 0.6 is 23.4 Å². The highest BCUT2D eigenvalue weighted by atomic mass is 35.5. The van der Waals surface area contributed by atoms with Crippen LogP contribution in [0.3, 0.4) is 0 Å². The lowest BCUT2D eigenvalue weighted by Crippen LogP contribution is -2.47. The Morgan fingerprint density at radius 1 is 1.21 bits per heavy atom. The van der Waals surface area contributed by atoms with Gasteiger partial charge in [0.2, 0.25) is 11.8 Å². The zero-order chi connectivity index (χ0) is 21.4. The SMILES string of the molecule is CNC(=O)[C@H](C)N(Cc1ccccc1Cl)C(=O)CSCc1ccc([N+](=O)[O-])cc1. The smallest absolute Gasteiger partial charge is 0.269 e. The van der Waals surface area contributed by atoms with Crippen LogP contribution in [0.2, 0.25) is 5.02 Å². The van der Waals surface area contributed by atoms with Crippen LogP contribution in [0.4, 0.5) is 5.69 Å². The first kappa shape index (κ1) is 22.7. The molecule has 0 aliphatic carbocycles. The van der Waals surface area contributed by atoms with Crippen LogP contribution in [-0.2, 0) is 21.9 Å². The normalized spacial score (nSPS) is 11.6. The molecule has 0 unspecified atom stereocenters. The van der Waals surface area contributed by atoms with Crippen LogP contribution < -0.4 is 5.32 Å². The summed E-state index contributed by atoms with van der Waals surface area (Å²) in [6.45, 7) is 1.90. The van der Waals surface area contributed by atoms with E-state index in [0.29, 0.717) is 10.8 Å². The molecule has 0 bridgehead atoms. The maximum atomic E-state index is 12.8. The third kappa shape index (κ3) is 6.47. The van der Waals surface area contributed by atoms with E-state index in [4.69, 9.17) is 11.6 Å². The average molecular weight is 436 g/mol. The van der Waals surface area contributed by atoms with Gasteiger partial charge in [0.15, 0.2) is 0 Å².